The summed E-state index contributed by atoms with van der Waals surface area (Å²) in [5.41, 5.74) is 3.81. The molecule has 4 heteroatoms. The third-order valence-corrected chi connectivity index (χ3v) is 1.46. The van der Waals surface area contributed by atoms with Gasteiger partial charge in [-0.3, -0.25) is 5.43 Å². The summed E-state index contributed by atoms with van der Waals surface area (Å²) < 4.78 is 0. The quantitative estimate of drug-likeness (QED) is 0.660. The van der Waals surface area contributed by atoms with E-state index in [4.69, 9.17) is 0 Å². The molecule has 0 radical (unpaired) electrons. The Labute approximate surface area is 70.2 Å². The summed E-state index contributed by atoms with van der Waals surface area (Å²) in [6.07, 6.45) is 7.08. The van der Waals surface area contributed by atoms with Gasteiger partial charge in [-0.2, -0.15) is 0 Å². The van der Waals surface area contributed by atoms with Crippen molar-refractivity contribution in [2.24, 2.45) is 0 Å². The van der Waals surface area contributed by atoms with Crippen molar-refractivity contribution in [2.45, 2.75) is 0 Å². The van der Waals surface area contributed by atoms with Gasteiger partial charge in [0.2, 0.25) is 5.95 Å². The first kappa shape index (κ1) is 6.84. The first-order valence-electron chi connectivity index (χ1n) is 3.56. The summed E-state index contributed by atoms with van der Waals surface area (Å²) in [7, 11) is 0. The lowest BCUT2D eigenvalue weighted by Gasteiger charge is -2.13. The Balaban J connectivity index is 2.23. The second-order valence-electron chi connectivity index (χ2n) is 2.37. The summed E-state index contributed by atoms with van der Waals surface area (Å²) in [4.78, 5) is 8.11. The molecule has 0 bridgehead atoms. The molecule has 1 aromatic heterocycles. The minimum Gasteiger partial charge on any atom is -0.292 e. The van der Waals surface area contributed by atoms with Crippen LogP contribution in [-0.2, 0) is 0 Å². The van der Waals surface area contributed by atoms with Gasteiger partial charge in [0.25, 0.3) is 0 Å². The number of rotatable bonds is 1. The average molecular weight is 160 g/mol. The lowest BCUT2D eigenvalue weighted by molar-refractivity contribution is 0.840. The summed E-state index contributed by atoms with van der Waals surface area (Å²) in [6.45, 7) is 3.73. The van der Waals surface area contributed by atoms with E-state index in [2.05, 4.69) is 22.0 Å². The number of aromatic nitrogens is 2. The van der Waals surface area contributed by atoms with E-state index in [1.54, 1.807) is 23.5 Å². The van der Waals surface area contributed by atoms with Gasteiger partial charge in [0.15, 0.2) is 0 Å². The second-order valence-corrected chi connectivity index (χ2v) is 2.37. The van der Waals surface area contributed by atoms with E-state index in [1.165, 1.54) is 0 Å². The molecule has 0 aliphatic carbocycles. The van der Waals surface area contributed by atoms with Crippen LogP contribution in [0.15, 0.2) is 43.0 Å². The van der Waals surface area contributed by atoms with E-state index in [0.29, 0.717) is 5.95 Å². The van der Waals surface area contributed by atoms with E-state index in [0.717, 1.165) is 5.70 Å². The number of hydrogen-bond donors (Lipinski definition) is 1. The monoisotopic (exact) mass is 160 g/mol. The number of anilines is 1. The van der Waals surface area contributed by atoms with E-state index in [9.17, 15) is 0 Å². The zero-order chi connectivity index (χ0) is 8.39. The van der Waals surface area contributed by atoms with Crippen LogP contribution in [0.3, 0.4) is 0 Å². The van der Waals surface area contributed by atoms with Crippen molar-refractivity contribution >= 4 is 5.95 Å². The number of nitrogens with zero attached hydrogens (tertiary/aromatic N) is 3. The van der Waals surface area contributed by atoms with Crippen LogP contribution in [0.4, 0.5) is 5.95 Å². The van der Waals surface area contributed by atoms with Crippen LogP contribution in [0, 0.1) is 0 Å². The molecule has 2 rings (SSSR count). The van der Waals surface area contributed by atoms with Crippen LogP contribution < -0.4 is 10.4 Å². The topological polar surface area (TPSA) is 41.1 Å². The van der Waals surface area contributed by atoms with E-state index < -0.39 is 0 Å². The highest BCUT2D eigenvalue weighted by Crippen LogP contribution is 2.09. The van der Waals surface area contributed by atoms with Gasteiger partial charge in [-0.15, -0.1) is 0 Å². The highest BCUT2D eigenvalue weighted by Gasteiger charge is 2.09. The zero-order valence-corrected chi connectivity index (χ0v) is 6.44. The first-order valence-corrected chi connectivity index (χ1v) is 3.56. The molecule has 12 heavy (non-hydrogen) atoms. The molecule has 1 aliphatic heterocycles. The molecule has 4 nitrogen and oxygen atoms in total. The second kappa shape index (κ2) is 2.65. The predicted octanol–water partition coefficient (Wildman–Crippen LogP) is 0.829. The van der Waals surface area contributed by atoms with Gasteiger partial charge in [0.05, 0.1) is 0 Å². The SMILES string of the molecule is C=C1C=CN(c2ncccn2)N1. The molecule has 0 atom stereocenters. The highest BCUT2D eigenvalue weighted by atomic mass is 15.6. The minimum absolute atomic E-state index is 0.618. The maximum absolute atomic E-state index is 4.06. The molecule has 0 amide bonds. The predicted molar refractivity (Wildman–Crippen MR) is 45.9 cm³/mol. The van der Waals surface area contributed by atoms with Gasteiger partial charge in [-0.1, -0.05) is 6.58 Å². The van der Waals surface area contributed by atoms with Crippen LogP contribution in [0.5, 0.6) is 0 Å². The fourth-order valence-corrected chi connectivity index (χ4v) is 0.926. The van der Waals surface area contributed by atoms with Gasteiger partial charge in [-0.05, 0) is 12.1 Å². The normalized spacial score (nSPS) is 15.0. The van der Waals surface area contributed by atoms with Gasteiger partial charge in [0.1, 0.15) is 0 Å². The smallest absolute Gasteiger partial charge is 0.248 e. The van der Waals surface area contributed by atoms with Gasteiger partial charge in [-0.25, -0.2) is 15.0 Å². The molecular weight excluding hydrogens is 152 g/mol. The molecule has 0 spiro atoms. The van der Waals surface area contributed by atoms with Crippen molar-refractivity contribution in [1.29, 1.82) is 0 Å². The fraction of sp³-hybridized carbons (Fsp3) is 0. The van der Waals surface area contributed by atoms with Gasteiger partial charge in [0, 0.05) is 24.3 Å². The van der Waals surface area contributed by atoms with Crippen molar-refractivity contribution in [2.75, 3.05) is 5.01 Å². The Morgan fingerprint density at radius 2 is 2.08 bits per heavy atom. The van der Waals surface area contributed by atoms with Crippen LogP contribution in [0.1, 0.15) is 0 Å². The lowest BCUT2D eigenvalue weighted by Crippen LogP contribution is -2.28. The third-order valence-electron chi connectivity index (χ3n) is 1.46. The Morgan fingerprint density at radius 1 is 1.33 bits per heavy atom. The first-order chi connectivity index (χ1) is 5.86. The van der Waals surface area contributed by atoms with E-state index in [1.807, 2.05) is 12.3 Å². The Morgan fingerprint density at radius 3 is 2.67 bits per heavy atom. The molecule has 60 valence electrons. The van der Waals surface area contributed by atoms with Crippen LogP contribution in [0.2, 0.25) is 0 Å². The molecule has 1 aromatic rings. The largest absolute Gasteiger partial charge is 0.292 e. The van der Waals surface area contributed by atoms with Crippen molar-refractivity contribution in [1.82, 2.24) is 15.4 Å². The van der Waals surface area contributed by atoms with Crippen molar-refractivity contribution < 1.29 is 0 Å². The maximum atomic E-state index is 4.06. The number of hydrogen-bond acceptors (Lipinski definition) is 4. The Hall–Kier alpha value is -1.84. The zero-order valence-electron chi connectivity index (χ0n) is 6.44. The molecular formula is C8H8N4. The van der Waals surface area contributed by atoms with Crippen LogP contribution in [-0.4, -0.2) is 9.97 Å². The number of allylic oxidation sites excluding steroid dienone is 1. The van der Waals surface area contributed by atoms with Crippen molar-refractivity contribution in [3.63, 3.8) is 0 Å². The molecule has 1 aliphatic rings. The molecule has 0 unspecified atom stereocenters. The summed E-state index contributed by atoms with van der Waals surface area (Å²) in [5.74, 6) is 0.618. The number of hydrazine groups is 1. The average Bonchev–Trinajstić information content (AvgIpc) is 2.54. The third kappa shape index (κ3) is 1.14. The molecule has 1 N–H and O–H groups in total. The van der Waals surface area contributed by atoms with E-state index >= 15 is 0 Å². The Bertz CT molecular complexity index is 317. The standard InChI is InChI=1S/C8H8N4/c1-7-3-6-12(11-7)8-9-4-2-5-10-8/h2-6,11H,1H2. The molecule has 0 aromatic carbocycles. The van der Waals surface area contributed by atoms with E-state index in [-0.39, 0.29) is 0 Å². The molecule has 0 fully saturated rings. The summed E-state index contributed by atoms with van der Waals surface area (Å²) in [6, 6.07) is 1.78. The van der Waals surface area contributed by atoms with Gasteiger partial charge >= 0.3 is 0 Å². The molecule has 0 saturated carbocycles. The number of nitrogens with one attached hydrogen (secondary N) is 1. The highest BCUT2D eigenvalue weighted by molar-refractivity contribution is 5.40. The maximum Gasteiger partial charge on any atom is 0.248 e. The summed E-state index contributed by atoms with van der Waals surface area (Å²) >= 11 is 0. The van der Waals surface area contributed by atoms with Crippen LogP contribution >= 0.6 is 0 Å². The van der Waals surface area contributed by atoms with Crippen molar-refractivity contribution in [3.8, 4) is 0 Å². The fourth-order valence-electron chi connectivity index (χ4n) is 0.926. The molecule has 0 saturated heterocycles. The van der Waals surface area contributed by atoms with Gasteiger partial charge < -0.3 is 0 Å². The summed E-state index contributed by atoms with van der Waals surface area (Å²) in [5, 5.41) is 1.71. The molecule has 2 heterocycles. The lowest BCUT2D eigenvalue weighted by atomic mass is 10.5. The van der Waals surface area contributed by atoms with Crippen LogP contribution in [0.25, 0.3) is 0 Å². The van der Waals surface area contributed by atoms with Crippen molar-refractivity contribution in [3.05, 3.63) is 43.0 Å². The minimum atomic E-state index is 0.618. The Kier molecular flexibility index (Phi) is 1.51.